The first-order chi connectivity index (χ1) is 18.6. The summed E-state index contributed by atoms with van der Waals surface area (Å²) in [5, 5.41) is 9.62. The quantitative estimate of drug-likeness (QED) is 0.451. The van der Waals surface area contributed by atoms with Crippen molar-refractivity contribution in [2.75, 3.05) is 39.3 Å². The average Bonchev–Trinajstić information content (AvgIpc) is 3.33. The average molecular weight is 553 g/mol. The molecule has 10 heteroatoms. The van der Waals surface area contributed by atoms with Crippen molar-refractivity contribution in [2.45, 2.75) is 50.8 Å². The van der Waals surface area contributed by atoms with Crippen LogP contribution in [-0.4, -0.2) is 72.4 Å². The van der Waals surface area contributed by atoms with Crippen molar-refractivity contribution in [3.63, 3.8) is 0 Å². The number of likely N-dealkylation sites (tertiary alicyclic amines) is 2. The molecule has 1 amide bonds. The number of rotatable bonds is 7. The minimum absolute atomic E-state index is 0.0209. The number of hydrogen-bond acceptors (Lipinski definition) is 4. The molecule has 0 spiro atoms. The third kappa shape index (κ3) is 5.77. The van der Waals surface area contributed by atoms with Gasteiger partial charge in [-0.25, -0.2) is 8.78 Å². The Balaban J connectivity index is 1.13. The van der Waals surface area contributed by atoms with Crippen LogP contribution in [0.5, 0.6) is 5.75 Å². The monoisotopic (exact) mass is 552 g/mol. The molecule has 1 saturated carbocycles. The molecular weight excluding hydrogens is 519 g/mol. The smallest absolute Gasteiger partial charge is 0.395 e. The molecule has 1 aliphatic carbocycles. The van der Waals surface area contributed by atoms with Crippen LogP contribution in [0.2, 0.25) is 0 Å². The zero-order valence-electron chi connectivity index (χ0n) is 21.7. The molecule has 212 valence electrons. The fourth-order valence-electron chi connectivity index (χ4n) is 5.85. The molecule has 0 aromatic heterocycles. The van der Waals surface area contributed by atoms with Gasteiger partial charge >= 0.3 is 6.18 Å². The minimum atomic E-state index is -4.15. The Morgan fingerprint density at radius 1 is 0.974 bits per heavy atom. The molecular formula is C29H33F5N2O3. The number of piperidine rings is 1. The number of aliphatic hydroxyl groups is 1. The van der Waals surface area contributed by atoms with E-state index in [0.717, 1.165) is 12.8 Å². The summed E-state index contributed by atoms with van der Waals surface area (Å²) in [5.74, 6) is -2.18. The molecule has 2 aromatic rings. The Hall–Kier alpha value is -2.72. The summed E-state index contributed by atoms with van der Waals surface area (Å²) < 4.78 is 76.0. The number of alkyl halides is 3. The molecule has 5 rings (SSSR count). The minimum Gasteiger partial charge on any atom is -0.493 e. The molecule has 1 atom stereocenters. The number of benzene rings is 2. The molecule has 2 heterocycles. The summed E-state index contributed by atoms with van der Waals surface area (Å²) in [6, 6.07) is 9.19. The Labute approximate surface area is 224 Å². The van der Waals surface area contributed by atoms with Crippen molar-refractivity contribution in [3.05, 3.63) is 53.6 Å². The third-order valence-corrected chi connectivity index (χ3v) is 8.56. The van der Waals surface area contributed by atoms with Crippen molar-refractivity contribution in [2.24, 2.45) is 11.3 Å². The number of amides is 1. The van der Waals surface area contributed by atoms with E-state index >= 15 is 0 Å². The summed E-state index contributed by atoms with van der Waals surface area (Å²) in [5.41, 5.74) is -1.45. The lowest BCUT2D eigenvalue weighted by Gasteiger charge is -2.47. The van der Waals surface area contributed by atoms with Gasteiger partial charge in [-0.15, -0.1) is 0 Å². The van der Waals surface area contributed by atoms with Crippen LogP contribution in [0.3, 0.4) is 0 Å². The normalized spacial score (nSPS) is 22.1. The van der Waals surface area contributed by atoms with Gasteiger partial charge in [0.1, 0.15) is 5.75 Å². The SMILES string of the molecule is O=C(c1ccc(-c2ccc(OCC3CCN(CC4(C(F)(F)F)CCC4)CC3)cc2)c(F)c1F)N1CCC(O)C1. The largest absolute Gasteiger partial charge is 0.493 e. The van der Waals surface area contributed by atoms with Gasteiger partial charge in [-0.05, 0) is 74.9 Å². The van der Waals surface area contributed by atoms with Crippen molar-refractivity contribution in [3.8, 4) is 16.9 Å². The van der Waals surface area contributed by atoms with E-state index < -0.39 is 35.2 Å². The highest BCUT2D eigenvalue weighted by Crippen LogP contribution is 2.53. The van der Waals surface area contributed by atoms with E-state index in [0.29, 0.717) is 50.4 Å². The Bertz CT molecular complexity index is 1170. The number of halogens is 5. The summed E-state index contributed by atoms with van der Waals surface area (Å²) in [6.45, 7) is 2.14. The topological polar surface area (TPSA) is 53.0 Å². The number of ether oxygens (including phenoxy) is 1. The first kappa shape index (κ1) is 27.8. The van der Waals surface area contributed by atoms with Crippen LogP contribution in [0.4, 0.5) is 22.0 Å². The van der Waals surface area contributed by atoms with E-state index in [1.807, 2.05) is 4.90 Å². The maximum atomic E-state index is 14.9. The van der Waals surface area contributed by atoms with Gasteiger partial charge in [0.15, 0.2) is 11.6 Å². The number of β-amino-alcohol motifs (C(OH)–C–C–N with tert-alkyl or cyclic N) is 1. The number of hydrogen-bond donors (Lipinski definition) is 1. The summed E-state index contributed by atoms with van der Waals surface area (Å²) in [6.07, 6.45) is -1.79. The van der Waals surface area contributed by atoms with Gasteiger partial charge in [-0.1, -0.05) is 24.6 Å². The molecule has 1 N–H and O–H groups in total. The number of aliphatic hydroxyl groups excluding tert-OH is 1. The summed E-state index contributed by atoms with van der Waals surface area (Å²) >= 11 is 0. The molecule has 2 aliphatic heterocycles. The van der Waals surface area contributed by atoms with Gasteiger partial charge < -0.3 is 19.6 Å². The lowest BCUT2D eigenvalue weighted by atomic mass is 9.67. The lowest BCUT2D eigenvalue weighted by molar-refractivity contribution is -0.256. The molecule has 3 aliphatic rings. The summed E-state index contributed by atoms with van der Waals surface area (Å²) in [7, 11) is 0. The maximum absolute atomic E-state index is 14.9. The third-order valence-electron chi connectivity index (χ3n) is 8.56. The van der Waals surface area contributed by atoms with Crippen LogP contribution in [-0.2, 0) is 0 Å². The van der Waals surface area contributed by atoms with Gasteiger partial charge in [0.2, 0.25) is 0 Å². The van der Waals surface area contributed by atoms with Crippen molar-refractivity contribution in [1.29, 1.82) is 0 Å². The van der Waals surface area contributed by atoms with Crippen LogP contribution in [0.25, 0.3) is 11.1 Å². The highest BCUT2D eigenvalue weighted by molar-refractivity contribution is 5.95. The Kier molecular flexibility index (Phi) is 7.88. The Morgan fingerprint density at radius 2 is 1.67 bits per heavy atom. The maximum Gasteiger partial charge on any atom is 0.395 e. The van der Waals surface area contributed by atoms with Crippen LogP contribution in [0.15, 0.2) is 36.4 Å². The number of nitrogens with zero attached hydrogens (tertiary/aromatic N) is 2. The highest BCUT2D eigenvalue weighted by Gasteiger charge is 2.58. The zero-order valence-corrected chi connectivity index (χ0v) is 21.7. The van der Waals surface area contributed by atoms with E-state index in [-0.39, 0.29) is 43.0 Å². The van der Waals surface area contributed by atoms with Gasteiger partial charge in [0, 0.05) is 25.2 Å². The predicted molar refractivity (Wildman–Crippen MR) is 135 cm³/mol. The second-order valence-corrected chi connectivity index (χ2v) is 11.2. The van der Waals surface area contributed by atoms with E-state index in [4.69, 9.17) is 4.74 Å². The standard InChI is InChI=1S/C29H33F5N2O3/c30-25-23(6-7-24(26(25)31)27(38)36-15-10-21(37)16-36)20-2-4-22(5-3-20)39-17-19-8-13-35(14-9-19)18-28(11-1-12-28)29(32,33)34/h2-7,19,21,37H,1,8-18H2. The molecule has 0 bridgehead atoms. The Morgan fingerprint density at radius 3 is 2.23 bits per heavy atom. The van der Waals surface area contributed by atoms with Crippen LogP contribution in [0, 0.1) is 23.0 Å². The molecule has 5 nitrogen and oxygen atoms in total. The van der Waals surface area contributed by atoms with Crippen molar-refractivity contribution < 1.29 is 36.6 Å². The summed E-state index contributed by atoms with van der Waals surface area (Å²) in [4.78, 5) is 15.8. The first-order valence-corrected chi connectivity index (χ1v) is 13.5. The molecule has 2 aromatic carbocycles. The second kappa shape index (κ2) is 11.0. The van der Waals surface area contributed by atoms with Gasteiger partial charge in [-0.2, -0.15) is 13.2 Å². The second-order valence-electron chi connectivity index (χ2n) is 11.2. The first-order valence-electron chi connectivity index (χ1n) is 13.5. The molecule has 39 heavy (non-hydrogen) atoms. The van der Waals surface area contributed by atoms with E-state index in [2.05, 4.69) is 0 Å². The van der Waals surface area contributed by atoms with Gasteiger partial charge in [-0.3, -0.25) is 4.79 Å². The number of carbonyl (C=O) groups excluding carboxylic acids is 1. The highest BCUT2D eigenvalue weighted by atomic mass is 19.4. The van der Waals surface area contributed by atoms with Crippen LogP contribution < -0.4 is 4.74 Å². The van der Waals surface area contributed by atoms with Gasteiger partial charge in [0.25, 0.3) is 5.91 Å². The van der Waals surface area contributed by atoms with E-state index in [1.54, 1.807) is 24.3 Å². The fourth-order valence-corrected chi connectivity index (χ4v) is 5.85. The van der Waals surface area contributed by atoms with Crippen molar-refractivity contribution in [1.82, 2.24) is 9.80 Å². The molecule has 2 saturated heterocycles. The van der Waals surface area contributed by atoms with E-state index in [1.165, 1.54) is 17.0 Å². The predicted octanol–water partition coefficient (Wildman–Crippen LogP) is 5.66. The van der Waals surface area contributed by atoms with Crippen LogP contribution in [0.1, 0.15) is 48.9 Å². The van der Waals surface area contributed by atoms with E-state index in [9.17, 15) is 31.9 Å². The molecule has 3 fully saturated rings. The number of carbonyl (C=O) groups is 1. The zero-order chi connectivity index (χ0) is 27.8. The fraction of sp³-hybridized carbons (Fsp3) is 0.552. The van der Waals surface area contributed by atoms with Crippen molar-refractivity contribution >= 4 is 5.91 Å². The lowest BCUT2D eigenvalue weighted by Crippen LogP contribution is -2.53. The van der Waals surface area contributed by atoms with Gasteiger partial charge in [0.05, 0.1) is 23.7 Å². The van der Waals surface area contributed by atoms with Crippen LogP contribution >= 0.6 is 0 Å². The molecule has 0 radical (unpaired) electrons. The molecule has 1 unspecified atom stereocenters.